The van der Waals surface area contributed by atoms with Crippen LogP contribution < -0.4 is 0 Å². The van der Waals surface area contributed by atoms with Crippen LogP contribution in [0.2, 0.25) is 0 Å². The van der Waals surface area contributed by atoms with Gasteiger partial charge in [0.25, 0.3) is 5.91 Å². The molecule has 1 amide bonds. The summed E-state index contributed by atoms with van der Waals surface area (Å²) in [5.74, 6) is -2.42. The Morgan fingerprint density at radius 3 is 2.68 bits per heavy atom. The molecule has 2 atom stereocenters. The molecule has 1 aromatic carbocycles. The lowest BCUT2D eigenvalue weighted by molar-refractivity contribution is -0.142. The summed E-state index contributed by atoms with van der Waals surface area (Å²) < 4.78 is 13.5. The summed E-state index contributed by atoms with van der Waals surface area (Å²) in [5, 5.41) is 9.05. The first-order chi connectivity index (χ1) is 8.91. The normalized spacial score (nSPS) is 22.6. The van der Waals surface area contributed by atoms with Gasteiger partial charge >= 0.3 is 5.97 Å². The summed E-state index contributed by atoms with van der Waals surface area (Å²) in [5.41, 5.74) is 0.221. The van der Waals surface area contributed by atoms with Gasteiger partial charge in [-0.1, -0.05) is 13.0 Å². The van der Waals surface area contributed by atoms with Gasteiger partial charge < -0.3 is 10.0 Å². The minimum Gasteiger partial charge on any atom is -0.481 e. The van der Waals surface area contributed by atoms with E-state index >= 15 is 0 Å². The van der Waals surface area contributed by atoms with Crippen molar-refractivity contribution in [2.75, 3.05) is 13.1 Å². The maximum absolute atomic E-state index is 13.4. The molecule has 6 heteroatoms. The third-order valence-electron chi connectivity index (χ3n) is 3.40. The molecular formula is C13H13BrFNO3. The molecule has 2 rings (SSSR count). The van der Waals surface area contributed by atoms with Gasteiger partial charge in [-0.25, -0.2) is 4.39 Å². The Morgan fingerprint density at radius 2 is 2.11 bits per heavy atom. The zero-order valence-electron chi connectivity index (χ0n) is 10.3. The molecule has 1 saturated heterocycles. The van der Waals surface area contributed by atoms with Crippen LogP contribution in [0.4, 0.5) is 4.39 Å². The molecular weight excluding hydrogens is 317 g/mol. The van der Waals surface area contributed by atoms with E-state index in [-0.39, 0.29) is 28.4 Å². The molecule has 102 valence electrons. The minimum absolute atomic E-state index is 0.103. The number of nitrogens with zero attached hydrogens (tertiary/aromatic N) is 1. The second-order valence-electron chi connectivity index (χ2n) is 4.73. The average molecular weight is 330 g/mol. The Balaban J connectivity index is 2.22. The highest BCUT2D eigenvalue weighted by Crippen LogP contribution is 2.27. The largest absolute Gasteiger partial charge is 0.481 e. The number of carboxylic acid groups (broad SMARTS) is 1. The number of halogens is 2. The standard InChI is InChI=1S/C13H13BrFNO3/c1-7-5-16(6-9(7)13(18)19)12(17)8-3-2-4-10(15)11(8)14/h2-4,7,9H,5-6H2,1H3,(H,18,19). The van der Waals surface area contributed by atoms with E-state index in [2.05, 4.69) is 15.9 Å². The summed E-state index contributed by atoms with van der Waals surface area (Å²) in [4.78, 5) is 24.8. The van der Waals surface area contributed by atoms with Crippen molar-refractivity contribution in [3.8, 4) is 0 Å². The topological polar surface area (TPSA) is 57.6 Å². The fourth-order valence-corrected chi connectivity index (χ4v) is 2.73. The van der Waals surface area contributed by atoms with Crippen molar-refractivity contribution >= 4 is 27.8 Å². The summed E-state index contributed by atoms with van der Waals surface area (Å²) >= 11 is 3.05. The maximum Gasteiger partial charge on any atom is 0.308 e. The fourth-order valence-electron chi connectivity index (χ4n) is 2.29. The van der Waals surface area contributed by atoms with Crippen molar-refractivity contribution in [2.24, 2.45) is 11.8 Å². The van der Waals surface area contributed by atoms with Gasteiger partial charge in [0.2, 0.25) is 0 Å². The van der Waals surface area contributed by atoms with Crippen molar-refractivity contribution in [3.05, 3.63) is 34.1 Å². The molecule has 1 aromatic rings. The third-order valence-corrected chi connectivity index (χ3v) is 4.20. The highest BCUT2D eigenvalue weighted by Gasteiger charge is 2.37. The molecule has 0 aliphatic carbocycles. The number of hydrogen-bond donors (Lipinski definition) is 1. The fraction of sp³-hybridized carbons (Fsp3) is 0.385. The summed E-state index contributed by atoms with van der Waals surface area (Å²) in [6, 6.07) is 4.24. The van der Waals surface area contributed by atoms with E-state index in [0.29, 0.717) is 6.54 Å². The van der Waals surface area contributed by atoms with Crippen molar-refractivity contribution < 1.29 is 19.1 Å². The van der Waals surface area contributed by atoms with Crippen LogP contribution in [-0.2, 0) is 4.79 Å². The zero-order valence-corrected chi connectivity index (χ0v) is 11.9. The van der Waals surface area contributed by atoms with E-state index in [1.165, 1.54) is 23.1 Å². The Labute approximate surface area is 118 Å². The quantitative estimate of drug-likeness (QED) is 0.906. The number of carbonyl (C=O) groups excluding carboxylic acids is 1. The Bertz CT molecular complexity index is 535. The number of likely N-dealkylation sites (tertiary alicyclic amines) is 1. The van der Waals surface area contributed by atoms with Gasteiger partial charge in [0.05, 0.1) is 16.0 Å². The maximum atomic E-state index is 13.4. The van der Waals surface area contributed by atoms with E-state index in [1.807, 2.05) is 0 Å². The number of carbonyl (C=O) groups is 2. The molecule has 4 nitrogen and oxygen atoms in total. The van der Waals surface area contributed by atoms with Crippen LogP contribution in [0.3, 0.4) is 0 Å². The van der Waals surface area contributed by atoms with Crippen LogP contribution in [0, 0.1) is 17.7 Å². The van der Waals surface area contributed by atoms with Gasteiger partial charge in [-0.15, -0.1) is 0 Å². The van der Waals surface area contributed by atoms with Gasteiger partial charge in [0.1, 0.15) is 5.82 Å². The molecule has 1 aliphatic rings. The predicted octanol–water partition coefficient (Wildman–Crippen LogP) is 2.38. The van der Waals surface area contributed by atoms with Crippen LogP contribution in [0.5, 0.6) is 0 Å². The first-order valence-electron chi connectivity index (χ1n) is 5.88. The first kappa shape index (κ1) is 14.0. The van der Waals surface area contributed by atoms with Crippen molar-refractivity contribution in [1.82, 2.24) is 4.90 Å². The number of rotatable bonds is 2. The highest BCUT2D eigenvalue weighted by molar-refractivity contribution is 9.10. The molecule has 0 radical (unpaired) electrons. The van der Waals surface area contributed by atoms with Crippen LogP contribution in [0.1, 0.15) is 17.3 Å². The number of carboxylic acids is 1. The molecule has 0 saturated carbocycles. The summed E-state index contributed by atoms with van der Waals surface area (Å²) in [6.45, 7) is 2.34. The van der Waals surface area contributed by atoms with Gasteiger partial charge in [0.15, 0.2) is 0 Å². The average Bonchev–Trinajstić information content (AvgIpc) is 2.74. The molecule has 19 heavy (non-hydrogen) atoms. The monoisotopic (exact) mass is 329 g/mol. The number of benzene rings is 1. The van der Waals surface area contributed by atoms with E-state index in [9.17, 15) is 14.0 Å². The lowest BCUT2D eigenvalue weighted by Gasteiger charge is -2.17. The van der Waals surface area contributed by atoms with Crippen molar-refractivity contribution in [2.45, 2.75) is 6.92 Å². The smallest absolute Gasteiger partial charge is 0.308 e. The summed E-state index contributed by atoms with van der Waals surface area (Å²) in [7, 11) is 0. The summed E-state index contributed by atoms with van der Waals surface area (Å²) in [6.07, 6.45) is 0. The van der Waals surface area contributed by atoms with E-state index in [1.54, 1.807) is 6.92 Å². The molecule has 1 N–H and O–H groups in total. The lowest BCUT2D eigenvalue weighted by Crippen LogP contribution is -2.30. The molecule has 1 fully saturated rings. The zero-order chi connectivity index (χ0) is 14.2. The highest BCUT2D eigenvalue weighted by atomic mass is 79.9. The van der Waals surface area contributed by atoms with Crippen LogP contribution in [0.25, 0.3) is 0 Å². The number of amides is 1. The Morgan fingerprint density at radius 1 is 1.42 bits per heavy atom. The number of aliphatic carboxylic acids is 1. The van der Waals surface area contributed by atoms with Gasteiger partial charge in [-0.2, -0.15) is 0 Å². The van der Waals surface area contributed by atoms with Gasteiger partial charge in [0, 0.05) is 13.1 Å². The van der Waals surface area contributed by atoms with E-state index in [0.717, 1.165) is 0 Å². The molecule has 1 aliphatic heterocycles. The van der Waals surface area contributed by atoms with Crippen molar-refractivity contribution in [3.63, 3.8) is 0 Å². The van der Waals surface area contributed by atoms with Crippen LogP contribution in [0.15, 0.2) is 22.7 Å². The van der Waals surface area contributed by atoms with Crippen molar-refractivity contribution in [1.29, 1.82) is 0 Å². The Kier molecular flexibility index (Phi) is 3.89. The molecule has 1 heterocycles. The molecule has 0 bridgehead atoms. The predicted molar refractivity (Wildman–Crippen MR) is 70.3 cm³/mol. The second-order valence-corrected chi connectivity index (χ2v) is 5.53. The van der Waals surface area contributed by atoms with Gasteiger partial charge in [-0.05, 0) is 34.0 Å². The van der Waals surface area contributed by atoms with E-state index in [4.69, 9.17) is 5.11 Å². The minimum atomic E-state index is -0.902. The number of hydrogen-bond acceptors (Lipinski definition) is 2. The Hall–Kier alpha value is -1.43. The van der Waals surface area contributed by atoms with E-state index < -0.39 is 17.7 Å². The van der Waals surface area contributed by atoms with Crippen LogP contribution in [-0.4, -0.2) is 35.0 Å². The first-order valence-corrected chi connectivity index (χ1v) is 6.67. The second kappa shape index (κ2) is 5.28. The molecule has 2 unspecified atom stereocenters. The third kappa shape index (κ3) is 2.63. The molecule has 0 spiro atoms. The molecule has 0 aromatic heterocycles. The van der Waals surface area contributed by atoms with Crippen LogP contribution >= 0.6 is 15.9 Å². The lowest BCUT2D eigenvalue weighted by atomic mass is 9.99. The van der Waals surface area contributed by atoms with Gasteiger partial charge in [-0.3, -0.25) is 9.59 Å². The SMILES string of the molecule is CC1CN(C(=O)c2cccc(F)c2Br)CC1C(=O)O.